The quantitative estimate of drug-likeness (QED) is 0.381. The van der Waals surface area contributed by atoms with Crippen molar-refractivity contribution >= 4 is 5.84 Å². The third-order valence-electron chi connectivity index (χ3n) is 2.95. The second-order valence-corrected chi connectivity index (χ2v) is 4.26. The van der Waals surface area contributed by atoms with E-state index >= 15 is 0 Å². The third-order valence-corrected chi connectivity index (χ3v) is 2.95. The molecule has 0 aliphatic rings. The standard InChI is InChI=1S/C13H15N5O2/c1-7-8(2)16-17-13(11(7)12(14)18-19)20-10-5-4-6-15-9(10)3/h4-6,19H,1-3H3,(H2,14,18). The van der Waals surface area contributed by atoms with Crippen LogP contribution in [-0.2, 0) is 0 Å². The number of nitrogens with zero attached hydrogens (tertiary/aromatic N) is 4. The van der Waals surface area contributed by atoms with Gasteiger partial charge in [0.25, 0.3) is 0 Å². The number of oxime groups is 1. The number of pyridine rings is 1. The highest BCUT2D eigenvalue weighted by Crippen LogP contribution is 2.27. The minimum absolute atomic E-state index is 0.0722. The molecule has 0 saturated heterocycles. The van der Waals surface area contributed by atoms with Crippen LogP contribution in [-0.4, -0.2) is 26.2 Å². The Morgan fingerprint density at radius 3 is 2.65 bits per heavy atom. The second-order valence-electron chi connectivity index (χ2n) is 4.26. The van der Waals surface area contributed by atoms with E-state index < -0.39 is 0 Å². The van der Waals surface area contributed by atoms with Gasteiger partial charge in [-0.05, 0) is 38.5 Å². The summed E-state index contributed by atoms with van der Waals surface area (Å²) in [6.07, 6.45) is 1.67. The van der Waals surface area contributed by atoms with Crippen LogP contribution in [0.1, 0.15) is 22.5 Å². The highest BCUT2D eigenvalue weighted by molar-refractivity contribution is 6.00. The molecule has 104 valence electrons. The van der Waals surface area contributed by atoms with Crippen molar-refractivity contribution in [3.63, 3.8) is 0 Å². The lowest BCUT2D eigenvalue weighted by atomic mass is 10.1. The maximum atomic E-state index is 8.90. The van der Waals surface area contributed by atoms with Crippen LogP contribution in [0.15, 0.2) is 23.5 Å². The van der Waals surface area contributed by atoms with Gasteiger partial charge in [0.15, 0.2) is 11.6 Å². The van der Waals surface area contributed by atoms with E-state index in [1.54, 1.807) is 32.2 Å². The van der Waals surface area contributed by atoms with Crippen LogP contribution in [0.3, 0.4) is 0 Å². The lowest BCUT2D eigenvalue weighted by Crippen LogP contribution is -2.18. The first kappa shape index (κ1) is 13.7. The molecule has 0 spiro atoms. The molecule has 3 N–H and O–H groups in total. The van der Waals surface area contributed by atoms with Crippen LogP contribution in [0.4, 0.5) is 0 Å². The molecule has 7 heteroatoms. The van der Waals surface area contributed by atoms with E-state index in [2.05, 4.69) is 20.3 Å². The molecule has 0 aromatic carbocycles. The Balaban J connectivity index is 2.53. The van der Waals surface area contributed by atoms with E-state index in [0.717, 1.165) is 5.56 Å². The van der Waals surface area contributed by atoms with Gasteiger partial charge in [0.2, 0.25) is 5.88 Å². The highest BCUT2D eigenvalue weighted by Gasteiger charge is 2.17. The molecule has 0 aliphatic carbocycles. The van der Waals surface area contributed by atoms with Gasteiger partial charge < -0.3 is 15.7 Å². The summed E-state index contributed by atoms with van der Waals surface area (Å²) in [5, 5.41) is 19.9. The first-order chi connectivity index (χ1) is 9.54. The van der Waals surface area contributed by atoms with Crippen LogP contribution in [0.2, 0.25) is 0 Å². The molecular formula is C13H15N5O2. The van der Waals surface area contributed by atoms with Gasteiger partial charge in [-0.3, -0.25) is 4.98 Å². The van der Waals surface area contributed by atoms with E-state index in [9.17, 15) is 0 Å². The van der Waals surface area contributed by atoms with Crippen molar-refractivity contribution in [1.29, 1.82) is 0 Å². The molecule has 0 radical (unpaired) electrons. The van der Waals surface area contributed by atoms with Gasteiger partial charge in [-0.25, -0.2) is 0 Å². The molecule has 2 heterocycles. The van der Waals surface area contributed by atoms with E-state index in [1.807, 2.05) is 6.92 Å². The second kappa shape index (κ2) is 5.52. The number of hydrogen-bond acceptors (Lipinski definition) is 6. The van der Waals surface area contributed by atoms with Gasteiger partial charge in [-0.15, -0.1) is 5.10 Å². The summed E-state index contributed by atoms with van der Waals surface area (Å²) in [6, 6.07) is 3.51. The predicted molar refractivity (Wildman–Crippen MR) is 73.1 cm³/mol. The Labute approximate surface area is 116 Å². The minimum Gasteiger partial charge on any atom is -0.435 e. The maximum Gasteiger partial charge on any atom is 0.250 e. The summed E-state index contributed by atoms with van der Waals surface area (Å²) in [5.41, 5.74) is 8.24. The van der Waals surface area contributed by atoms with Gasteiger partial charge in [0.1, 0.15) is 0 Å². The molecule has 7 nitrogen and oxygen atoms in total. The zero-order valence-corrected chi connectivity index (χ0v) is 11.5. The molecule has 2 aromatic rings. The molecule has 0 aliphatic heterocycles. The Kier molecular flexibility index (Phi) is 3.79. The SMILES string of the molecule is Cc1ncccc1Oc1nnc(C)c(C)c1/C(N)=N/O. The van der Waals surface area contributed by atoms with Crippen molar-refractivity contribution in [2.24, 2.45) is 10.9 Å². The van der Waals surface area contributed by atoms with Gasteiger partial charge in [0, 0.05) is 6.20 Å². The van der Waals surface area contributed by atoms with Crippen LogP contribution in [0.25, 0.3) is 0 Å². The molecule has 20 heavy (non-hydrogen) atoms. The molecule has 0 amide bonds. The van der Waals surface area contributed by atoms with E-state index in [4.69, 9.17) is 15.7 Å². The van der Waals surface area contributed by atoms with Gasteiger partial charge >= 0.3 is 0 Å². The molecule has 0 saturated carbocycles. The van der Waals surface area contributed by atoms with Gasteiger partial charge in [0.05, 0.1) is 17.0 Å². The monoisotopic (exact) mass is 273 g/mol. The number of nitrogens with two attached hydrogens (primary N) is 1. The van der Waals surface area contributed by atoms with Crippen molar-refractivity contribution in [2.45, 2.75) is 20.8 Å². The van der Waals surface area contributed by atoms with E-state index in [0.29, 0.717) is 22.7 Å². The summed E-state index contributed by atoms with van der Waals surface area (Å²) < 4.78 is 5.69. The minimum atomic E-state index is -0.0722. The topological polar surface area (TPSA) is 107 Å². The predicted octanol–water partition coefficient (Wildman–Crippen LogP) is 1.68. The van der Waals surface area contributed by atoms with Crippen LogP contribution < -0.4 is 10.5 Å². The average molecular weight is 273 g/mol. The van der Waals surface area contributed by atoms with Crippen molar-refractivity contribution in [2.75, 3.05) is 0 Å². The summed E-state index contributed by atoms with van der Waals surface area (Å²) in [6.45, 7) is 5.41. The third kappa shape index (κ3) is 2.51. The lowest BCUT2D eigenvalue weighted by molar-refractivity contribution is 0.318. The Morgan fingerprint density at radius 1 is 1.25 bits per heavy atom. The largest absolute Gasteiger partial charge is 0.435 e. The molecule has 2 rings (SSSR count). The van der Waals surface area contributed by atoms with Crippen molar-refractivity contribution in [3.8, 4) is 11.6 Å². The molecule has 2 aromatic heterocycles. The van der Waals surface area contributed by atoms with Gasteiger partial charge in [-0.2, -0.15) is 5.10 Å². The summed E-state index contributed by atoms with van der Waals surface area (Å²) in [4.78, 5) is 4.13. The number of aromatic nitrogens is 3. The molecule has 0 bridgehead atoms. The van der Waals surface area contributed by atoms with Crippen LogP contribution in [0.5, 0.6) is 11.6 Å². The average Bonchev–Trinajstić information content (AvgIpc) is 2.45. The fraction of sp³-hybridized carbons (Fsp3) is 0.231. The first-order valence-electron chi connectivity index (χ1n) is 5.95. The Morgan fingerprint density at radius 2 is 2.00 bits per heavy atom. The first-order valence-corrected chi connectivity index (χ1v) is 5.95. The molecule has 0 fully saturated rings. The summed E-state index contributed by atoms with van der Waals surface area (Å²) in [5.74, 6) is 0.647. The Bertz CT molecular complexity index is 670. The number of rotatable bonds is 3. The van der Waals surface area contributed by atoms with E-state index in [-0.39, 0.29) is 11.7 Å². The lowest BCUT2D eigenvalue weighted by Gasteiger charge is -2.12. The molecular weight excluding hydrogens is 258 g/mol. The van der Waals surface area contributed by atoms with Crippen molar-refractivity contribution in [3.05, 3.63) is 40.8 Å². The zero-order valence-electron chi connectivity index (χ0n) is 11.5. The normalized spacial score (nSPS) is 11.4. The number of hydrogen-bond donors (Lipinski definition) is 2. The zero-order chi connectivity index (χ0) is 14.7. The molecule has 0 unspecified atom stereocenters. The van der Waals surface area contributed by atoms with Crippen molar-refractivity contribution < 1.29 is 9.94 Å². The smallest absolute Gasteiger partial charge is 0.250 e. The van der Waals surface area contributed by atoms with E-state index in [1.165, 1.54) is 0 Å². The summed E-state index contributed by atoms with van der Waals surface area (Å²) in [7, 11) is 0. The Hall–Kier alpha value is -2.70. The van der Waals surface area contributed by atoms with Crippen LogP contribution >= 0.6 is 0 Å². The number of ether oxygens (including phenoxy) is 1. The molecule has 0 atom stereocenters. The summed E-state index contributed by atoms with van der Waals surface area (Å²) >= 11 is 0. The van der Waals surface area contributed by atoms with Crippen LogP contribution in [0, 0.1) is 20.8 Å². The number of aryl methyl sites for hydroxylation is 2. The van der Waals surface area contributed by atoms with Crippen molar-refractivity contribution in [1.82, 2.24) is 15.2 Å². The number of amidine groups is 1. The van der Waals surface area contributed by atoms with Gasteiger partial charge in [-0.1, -0.05) is 5.16 Å². The highest BCUT2D eigenvalue weighted by atomic mass is 16.5. The fourth-order valence-corrected chi connectivity index (χ4v) is 1.69. The maximum absolute atomic E-state index is 8.90. The fourth-order valence-electron chi connectivity index (χ4n) is 1.69.